The smallest absolute Gasteiger partial charge is 0.157 e. The Balaban J connectivity index is 3.40. The number of aromatic amines is 1. The Morgan fingerprint density at radius 1 is 1.22 bits per heavy atom. The molecule has 92 valence electrons. The molecule has 1 heterocycles. The topological polar surface area (TPSA) is 41.0 Å². The third-order valence-corrected chi connectivity index (χ3v) is 2.16. The van der Waals surface area contributed by atoms with E-state index in [0.717, 1.165) is 10.7 Å². The molecule has 0 aliphatic carbocycles. The fourth-order valence-electron chi connectivity index (χ4n) is 1.41. The van der Waals surface area contributed by atoms with Gasteiger partial charge in [-0.2, -0.15) is 0 Å². The van der Waals surface area contributed by atoms with Crippen molar-refractivity contribution in [2.45, 2.75) is 6.92 Å². The van der Waals surface area contributed by atoms with Crippen LogP contribution >= 0.6 is 0 Å². The predicted octanol–water partition coefficient (Wildman–Crippen LogP) is 1.96. The summed E-state index contributed by atoms with van der Waals surface area (Å²) in [7, 11) is 0. The maximum Gasteiger partial charge on any atom is 0.157 e. The van der Waals surface area contributed by atoms with Crippen LogP contribution in [0.15, 0.2) is 49.0 Å². The van der Waals surface area contributed by atoms with Gasteiger partial charge in [0.1, 0.15) is 5.70 Å². The van der Waals surface area contributed by atoms with Crippen LogP contribution in [0.3, 0.4) is 0 Å². The Kier molecular flexibility index (Phi) is 5.32. The normalized spacial score (nSPS) is 14.2. The van der Waals surface area contributed by atoms with Crippen LogP contribution in [0.1, 0.15) is 12.7 Å². The summed E-state index contributed by atoms with van der Waals surface area (Å²) in [6.45, 7) is 12.9. The monoisotopic (exact) mass is 239 g/mol. The van der Waals surface area contributed by atoms with Crippen LogP contribution in [0.2, 0.25) is 0 Å². The molecule has 1 rings (SSSR count). The van der Waals surface area contributed by atoms with E-state index in [1.807, 2.05) is 19.1 Å². The molecule has 0 aliphatic rings. The quantitative estimate of drug-likeness (QED) is 0.619. The number of hydrogen-bond acceptors (Lipinski definition) is 2. The number of imidazole rings is 1. The lowest BCUT2D eigenvalue weighted by Crippen LogP contribution is -2.23. The number of nitrogens with zero attached hydrogens (tertiary/aromatic N) is 2. The van der Waals surface area contributed by atoms with Crippen LogP contribution in [0.25, 0.3) is 17.8 Å². The van der Waals surface area contributed by atoms with Crippen molar-refractivity contribution >= 4 is 24.1 Å². The molecule has 0 aliphatic heterocycles. The van der Waals surface area contributed by atoms with Gasteiger partial charge in [0.15, 0.2) is 5.82 Å². The first kappa shape index (κ1) is 13.6. The van der Waals surface area contributed by atoms with Gasteiger partial charge in [-0.1, -0.05) is 44.0 Å². The summed E-state index contributed by atoms with van der Waals surface area (Å²) in [4.78, 5) is 11.9. The lowest BCUT2D eigenvalue weighted by molar-refractivity contribution is 1.20. The van der Waals surface area contributed by atoms with Crippen molar-refractivity contribution in [3.63, 3.8) is 0 Å². The highest BCUT2D eigenvalue weighted by molar-refractivity contribution is 5.78. The molecule has 3 heteroatoms. The second kappa shape index (κ2) is 7.01. The highest BCUT2D eigenvalue weighted by Crippen LogP contribution is 2.07. The molecule has 1 aromatic heterocycles. The van der Waals surface area contributed by atoms with Crippen molar-refractivity contribution in [1.82, 2.24) is 9.97 Å². The molecular formula is C15H17N3. The first-order valence-electron chi connectivity index (χ1n) is 5.60. The van der Waals surface area contributed by atoms with Crippen molar-refractivity contribution in [3.05, 3.63) is 60.6 Å². The first-order valence-corrected chi connectivity index (χ1v) is 5.60. The van der Waals surface area contributed by atoms with Crippen molar-refractivity contribution in [2.75, 3.05) is 0 Å². The molecule has 0 spiro atoms. The largest absolute Gasteiger partial charge is 0.337 e. The van der Waals surface area contributed by atoms with Crippen molar-refractivity contribution < 1.29 is 0 Å². The number of nitrogens with one attached hydrogen (secondary N) is 1. The van der Waals surface area contributed by atoms with Gasteiger partial charge in [-0.25, -0.2) is 4.98 Å². The third kappa shape index (κ3) is 3.28. The van der Waals surface area contributed by atoms with Gasteiger partial charge in [0.25, 0.3) is 0 Å². The van der Waals surface area contributed by atoms with Crippen LogP contribution < -0.4 is 10.7 Å². The van der Waals surface area contributed by atoms with E-state index in [-0.39, 0.29) is 0 Å². The first-order chi connectivity index (χ1) is 8.76. The molecule has 0 unspecified atom stereocenters. The van der Waals surface area contributed by atoms with Gasteiger partial charge in [-0.05, 0) is 19.1 Å². The van der Waals surface area contributed by atoms with Crippen LogP contribution in [-0.2, 0) is 0 Å². The number of aromatic nitrogens is 2. The van der Waals surface area contributed by atoms with E-state index in [1.165, 1.54) is 0 Å². The van der Waals surface area contributed by atoms with E-state index in [0.29, 0.717) is 11.5 Å². The molecular weight excluding hydrogens is 222 g/mol. The van der Waals surface area contributed by atoms with Gasteiger partial charge in [0.05, 0.1) is 10.7 Å². The minimum Gasteiger partial charge on any atom is -0.337 e. The van der Waals surface area contributed by atoms with Crippen molar-refractivity contribution in [3.8, 4) is 0 Å². The van der Waals surface area contributed by atoms with E-state index in [2.05, 4.69) is 34.7 Å². The Morgan fingerprint density at radius 3 is 2.56 bits per heavy atom. The van der Waals surface area contributed by atoms with Crippen molar-refractivity contribution in [2.24, 2.45) is 4.99 Å². The number of rotatable bonds is 5. The molecule has 0 aromatic carbocycles. The predicted molar refractivity (Wildman–Crippen MR) is 79.5 cm³/mol. The molecule has 0 bridgehead atoms. The summed E-state index contributed by atoms with van der Waals surface area (Å²) in [5, 5.41) is 1.78. The highest BCUT2D eigenvalue weighted by Gasteiger charge is 2.02. The fraction of sp³-hybridized carbons (Fsp3) is 0.0667. The number of hydrogen-bond donors (Lipinski definition) is 1. The zero-order valence-corrected chi connectivity index (χ0v) is 10.6. The summed E-state index contributed by atoms with van der Waals surface area (Å²) in [6, 6.07) is 0. The van der Waals surface area contributed by atoms with E-state index >= 15 is 0 Å². The van der Waals surface area contributed by atoms with Crippen LogP contribution in [0.4, 0.5) is 0 Å². The molecule has 3 nitrogen and oxygen atoms in total. The average Bonchev–Trinajstić information content (AvgIpc) is 2.78. The summed E-state index contributed by atoms with van der Waals surface area (Å²) < 4.78 is 0. The van der Waals surface area contributed by atoms with Crippen LogP contribution in [-0.4, -0.2) is 16.2 Å². The van der Waals surface area contributed by atoms with Gasteiger partial charge < -0.3 is 4.98 Å². The Labute approximate surface area is 107 Å². The van der Waals surface area contributed by atoms with Crippen LogP contribution in [0.5, 0.6) is 0 Å². The van der Waals surface area contributed by atoms with E-state index in [4.69, 9.17) is 0 Å². The molecule has 1 N–H and O–H groups in total. The van der Waals surface area contributed by atoms with Crippen molar-refractivity contribution in [1.29, 1.82) is 0 Å². The zero-order chi connectivity index (χ0) is 13.4. The Bertz CT molecular complexity index is 613. The molecule has 0 atom stereocenters. The number of allylic oxidation sites excluding steroid dienone is 4. The van der Waals surface area contributed by atoms with Crippen LogP contribution in [0, 0.1) is 0 Å². The zero-order valence-electron chi connectivity index (χ0n) is 10.6. The SMILES string of the molecule is C=C/C=N\C(=C/C=C)c1nc(=C/C=C)/c(=C\C)[nH]1. The van der Waals surface area contributed by atoms with Gasteiger partial charge in [-0.15, -0.1) is 0 Å². The highest BCUT2D eigenvalue weighted by atomic mass is 15.0. The maximum absolute atomic E-state index is 4.46. The average molecular weight is 239 g/mol. The summed E-state index contributed by atoms with van der Waals surface area (Å²) in [5.74, 6) is 0.689. The Hall–Kier alpha value is -2.42. The molecule has 0 saturated carbocycles. The summed E-state index contributed by atoms with van der Waals surface area (Å²) in [6.07, 6.45) is 12.2. The van der Waals surface area contributed by atoms with E-state index < -0.39 is 0 Å². The molecule has 0 radical (unpaired) electrons. The molecule has 0 amide bonds. The van der Waals surface area contributed by atoms with E-state index in [1.54, 1.807) is 30.5 Å². The summed E-state index contributed by atoms with van der Waals surface area (Å²) >= 11 is 0. The minimum atomic E-state index is 0.689. The van der Waals surface area contributed by atoms with E-state index in [9.17, 15) is 0 Å². The molecule has 1 aromatic rings. The molecule has 0 saturated heterocycles. The number of H-pyrrole nitrogens is 1. The van der Waals surface area contributed by atoms with Gasteiger partial charge in [0.2, 0.25) is 0 Å². The Morgan fingerprint density at radius 2 is 2.00 bits per heavy atom. The standard InChI is InChI=1S/C15H17N3/c1-5-9-13-12(8-4)17-15(18-13)14(10-6-2)16-11-7-3/h5-11H,1-3H2,4H3,(H,17,18)/b12-8+,13-9+,14-10-,16-11-. The summed E-state index contributed by atoms with van der Waals surface area (Å²) in [5.41, 5.74) is 0.705. The second-order valence-corrected chi connectivity index (χ2v) is 3.38. The van der Waals surface area contributed by atoms with Gasteiger partial charge >= 0.3 is 0 Å². The fourth-order valence-corrected chi connectivity index (χ4v) is 1.41. The minimum absolute atomic E-state index is 0.689. The van der Waals surface area contributed by atoms with Gasteiger partial charge in [0, 0.05) is 6.21 Å². The maximum atomic E-state index is 4.46. The second-order valence-electron chi connectivity index (χ2n) is 3.38. The lowest BCUT2D eigenvalue weighted by atomic mass is 10.4. The number of aliphatic imine (C=N–C) groups is 1. The molecule has 0 fully saturated rings. The third-order valence-electron chi connectivity index (χ3n) is 2.16. The van der Waals surface area contributed by atoms with Gasteiger partial charge in [-0.3, -0.25) is 4.99 Å². The lowest BCUT2D eigenvalue weighted by Gasteiger charge is -1.94. The molecule has 18 heavy (non-hydrogen) atoms.